The third kappa shape index (κ3) is 3.54. The van der Waals surface area contributed by atoms with Crippen molar-refractivity contribution < 1.29 is 34.6 Å². The summed E-state index contributed by atoms with van der Waals surface area (Å²) in [5, 5.41) is 50.5. The second-order valence-electron chi connectivity index (χ2n) is 19.6. The van der Waals surface area contributed by atoms with Gasteiger partial charge in [-0.05, 0) is 116 Å². The minimum Gasteiger partial charge on any atom is -0.504 e. The van der Waals surface area contributed by atoms with E-state index in [-0.39, 0.29) is 29.5 Å². The lowest BCUT2D eigenvalue weighted by molar-refractivity contribution is -0.184. The summed E-state index contributed by atoms with van der Waals surface area (Å²) in [6, 6.07) is 18.0. The zero-order valence-electron chi connectivity index (χ0n) is 31.5. The van der Waals surface area contributed by atoms with Crippen LogP contribution in [0.25, 0.3) is 0 Å². The number of phenols is 2. The second-order valence-corrected chi connectivity index (χ2v) is 19.6. The Morgan fingerprint density at radius 3 is 1.57 bits per heavy atom. The fourth-order valence-electron chi connectivity index (χ4n) is 14.5. The van der Waals surface area contributed by atoms with E-state index in [1.165, 1.54) is 25.7 Å². The van der Waals surface area contributed by atoms with Gasteiger partial charge in [0.25, 0.3) is 0 Å². The number of fused-ring (bicyclic) bond motifs is 2. The minimum atomic E-state index is -1.17. The number of likely N-dealkylation sites (tertiary alicyclic amines) is 2. The highest BCUT2D eigenvalue weighted by Gasteiger charge is 2.77. The van der Waals surface area contributed by atoms with Crippen LogP contribution < -0.4 is 9.47 Å². The quantitative estimate of drug-likeness (QED) is 0.270. The first-order chi connectivity index (χ1) is 27.2. The Labute approximate surface area is 326 Å². The summed E-state index contributed by atoms with van der Waals surface area (Å²) in [7, 11) is 0. The molecule has 3 aromatic carbocycles. The summed E-state index contributed by atoms with van der Waals surface area (Å²) in [6.45, 7) is 3.71. The van der Waals surface area contributed by atoms with Crippen molar-refractivity contribution in [1.29, 1.82) is 0 Å². The highest BCUT2D eigenvalue weighted by Crippen LogP contribution is 2.72. The molecule has 4 bridgehead atoms. The summed E-state index contributed by atoms with van der Waals surface area (Å²) in [5.74, 6) is 3.73. The molecule has 5 aliphatic heterocycles. The van der Waals surface area contributed by atoms with Crippen LogP contribution in [0.2, 0.25) is 0 Å². The van der Waals surface area contributed by atoms with Gasteiger partial charge < -0.3 is 34.6 Å². The number of aliphatic hydroxyl groups is 2. The van der Waals surface area contributed by atoms with Crippen molar-refractivity contribution in [2.45, 2.75) is 116 Å². The van der Waals surface area contributed by atoms with Crippen molar-refractivity contribution in [3.05, 3.63) is 105 Å². The zero-order valence-corrected chi connectivity index (χ0v) is 31.5. The van der Waals surface area contributed by atoms with Crippen LogP contribution in [0.4, 0.5) is 0 Å². The summed E-state index contributed by atoms with van der Waals surface area (Å²) < 4.78 is 21.6. The first-order valence-electron chi connectivity index (χ1n) is 21.4. The third-order valence-electron chi connectivity index (χ3n) is 17.1. The van der Waals surface area contributed by atoms with Gasteiger partial charge in [-0.2, -0.15) is 0 Å². The van der Waals surface area contributed by atoms with Crippen LogP contribution in [0.1, 0.15) is 85.1 Å². The Hall–Kier alpha value is -4.02. The number of phenolic OH excluding ortho intramolecular Hbond substituents is 2. The van der Waals surface area contributed by atoms with Crippen LogP contribution in [-0.2, 0) is 28.4 Å². The van der Waals surface area contributed by atoms with E-state index in [1.807, 2.05) is 6.07 Å². The smallest absolute Gasteiger partial charge is 0.169 e. The lowest BCUT2D eigenvalue weighted by Gasteiger charge is -2.65. The van der Waals surface area contributed by atoms with Gasteiger partial charge in [-0.1, -0.05) is 42.5 Å². The molecule has 2 saturated heterocycles. The maximum Gasteiger partial charge on any atom is 0.169 e. The number of benzene rings is 3. The van der Waals surface area contributed by atoms with Crippen LogP contribution in [0.5, 0.6) is 23.0 Å². The molecule has 4 N–H and O–H groups in total. The molecular formula is C47H48N2O7. The van der Waals surface area contributed by atoms with Gasteiger partial charge in [-0.25, -0.2) is 0 Å². The van der Waals surface area contributed by atoms with Crippen LogP contribution in [0.3, 0.4) is 0 Å². The van der Waals surface area contributed by atoms with Gasteiger partial charge >= 0.3 is 0 Å². The van der Waals surface area contributed by atoms with E-state index in [2.05, 4.69) is 46.2 Å². The van der Waals surface area contributed by atoms with Crippen molar-refractivity contribution in [3.8, 4) is 23.0 Å². The van der Waals surface area contributed by atoms with Gasteiger partial charge in [-0.15, -0.1) is 0 Å². The lowest BCUT2D eigenvalue weighted by Crippen LogP contribution is -2.77. The van der Waals surface area contributed by atoms with Crippen molar-refractivity contribution >= 4 is 0 Å². The molecule has 3 aromatic rings. The Morgan fingerprint density at radius 1 is 0.625 bits per heavy atom. The number of aromatic hydroxyl groups is 2. The van der Waals surface area contributed by atoms with E-state index in [4.69, 9.17) is 14.2 Å². The largest absolute Gasteiger partial charge is 0.504 e. The molecule has 0 radical (unpaired) electrons. The highest BCUT2D eigenvalue weighted by atomic mass is 16.6. The SMILES string of the molecule is Oc1ccc2c3c1O[C@H]1C4=C(C[C@@]5(O)[C@@H](C2)N(CC2CC2)CC[C@]315)C(c1ccccc1)C1=C(O4)[C@@H]2Oc3c(O)ccc4c3[C@@]23CCN(CC2CC2)[C@H](C4)[C@]3(O)C1. The average molecular weight is 753 g/mol. The monoisotopic (exact) mass is 752 g/mol. The third-order valence-corrected chi connectivity index (χ3v) is 17.1. The Kier molecular flexibility index (Phi) is 5.80. The van der Waals surface area contributed by atoms with Crippen molar-refractivity contribution in [2.24, 2.45) is 11.8 Å². The maximum atomic E-state index is 13.8. The van der Waals surface area contributed by atoms with Crippen molar-refractivity contribution in [3.63, 3.8) is 0 Å². The van der Waals surface area contributed by atoms with Gasteiger partial charge in [-0.3, -0.25) is 9.80 Å². The Morgan fingerprint density at radius 2 is 1.11 bits per heavy atom. The number of nitrogens with zero attached hydrogens (tertiary/aromatic N) is 2. The van der Waals surface area contributed by atoms with E-state index in [0.717, 1.165) is 76.7 Å². The van der Waals surface area contributed by atoms with E-state index >= 15 is 0 Å². The standard InChI is InChI=1S/C47H48N2O7/c50-31-12-10-27-18-33-46(52)20-29-35(26-4-2-1-3-5-26)30-21-47(53)34-19-28-11-13-32(51)41-37(28)45(47,15-17-49(34)23-25-8-9-25)43(56-41)39(30)54-38(29)42-44(46,36(27)40(31)55-42)14-16-48(33)22-24-6-7-24/h1-5,10-13,24-25,33-35,42-43,50-53H,6-9,14-23H2/t33-,34-,42+,43+,44+,45+,46-,47-/m1/s1. The second kappa shape index (κ2) is 10.2. The first kappa shape index (κ1) is 32.0. The zero-order chi connectivity index (χ0) is 37.1. The molecule has 2 spiro atoms. The predicted molar refractivity (Wildman–Crippen MR) is 205 cm³/mol. The van der Waals surface area contributed by atoms with Crippen LogP contribution >= 0.6 is 0 Å². The topological polar surface area (TPSA) is 115 Å². The molecule has 288 valence electrons. The minimum absolute atomic E-state index is 0.103. The van der Waals surface area contributed by atoms with Crippen molar-refractivity contribution in [2.75, 3.05) is 26.2 Å². The average Bonchev–Trinajstić information content (AvgIpc) is 4.12. The summed E-state index contributed by atoms with van der Waals surface area (Å²) in [5.41, 5.74) is 3.45. The summed E-state index contributed by atoms with van der Waals surface area (Å²) in [4.78, 5) is 5.15. The number of piperidine rings is 2. The Balaban J connectivity index is 0.991. The van der Waals surface area contributed by atoms with Gasteiger partial charge in [0.05, 0.1) is 22.0 Å². The van der Waals surface area contributed by atoms with E-state index in [0.29, 0.717) is 61.9 Å². The fraction of sp³-hybridized carbons (Fsp3) is 0.532. The molecule has 11 aliphatic rings. The highest BCUT2D eigenvalue weighted by molar-refractivity contribution is 5.69. The number of ether oxygens (including phenoxy) is 3. The van der Waals surface area contributed by atoms with Crippen LogP contribution in [0.15, 0.2) is 77.3 Å². The van der Waals surface area contributed by atoms with Crippen LogP contribution in [0, 0.1) is 11.8 Å². The molecule has 5 heterocycles. The van der Waals surface area contributed by atoms with Gasteiger partial charge in [0.1, 0.15) is 11.5 Å². The van der Waals surface area contributed by atoms with Gasteiger partial charge in [0, 0.05) is 55.1 Å². The number of hydrogen-bond donors (Lipinski definition) is 4. The molecule has 0 amide bonds. The molecule has 8 atom stereocenters. The summed E-state index contributed by atoms with van der Waals surface area (Å²) in [6.07, 6.45) is 7.35. The molecule has 2 saturated carbocycles. The molecule has 14 rings (SSSR count). The Bertz CT molecular complexity index is 2220. The van der Waals surface area contributed by atoms with Crippen molar-refractivity contribution in [1.82, 2.24) is 9.80 Å². The van der Waals surface area contributed by atoms with E-state index < -0.39 is 34.2 Å². The van der Waals surface area contributed by atoms with Gasteiger partial charge in [0.15, 0.2) is 35.2 Å². The molecule has 0 unspecified atom stereocenters. The molecule has 9 nitrogen and oxygen atoms in total. The molecular weight excluding hydrogens is 705 g/mol. The molecule has 56 heavy (non-hydrogen) atoms. The first-order valence-corrected chi connectivity index (χ1v) is 21.4. The molecule has 0 aromatic heterocycles. The lowest BCUT2D eigenvalue weighted by atomic mass is 9.46. The van der Waals surface area contributed by atoms with E-state index in [1.54, 1.807) is 12.1 Å². The number of rotatable bonds is 5. The molecule has 6 aliphatic carbocycles. The molecule has 4 fully saturated rings. The normalized spacial score (nSPS) is 39.6. The van der Waals surface area contributed by atoms with Gasteiger partial charge in [0.2, 0.25) is 0 Å². The summed E-state index contributed by atoms with van der Waals surface area (Å²) >= 11 is 0. The predicted octanol–water partition coefficient (Wildman–Crippen LogP) is 5.47. The fourth-order valence-corrected chi connectivity index (χ4v) is 14.5. The van der Waals surface area contributed by atoms with E-state index in [9.17, 15) is 20.4 Å². The number of hydrogen-bond acceptors (Lipinski definition) is 9. The molecule has 9 heteroatoms. The maximum absolute atomic E-state index is 13.8. The van der Waals surface area contributed by atoms with Crippen LogP contribution in [-0.4, -0.2) is 91.9 Å².